The zero-order chi connectivity index (χ0) is 17.6. The zero-order valence-electron chi connectivity index (χ0n) is 15.2. The van der Waals surface area contributed by atoms with E-state index in [9.17, 15) is 4.79 Å². The molecule has 0 aliphatic carbocycles. The number of carbonyl (C=O) groups is 1. The Balaban J connectivity index is 1.78. The summed E-state index contributed by atoms with van der Waals surface area (Å²) in [5.74, 6) is 3.52. The van der Waals surface area contributed by atoms with Gasteiger partial charge in [0.05, 0.1) is 20.3 Å². The molecule has 1 aromatic carbocycles. The molecule has 3 rings (SSSR count). The summed E-state index contributed by atoms with van der Waals surface area (Å²) >= 11 is 1.97. The average Bonchev–Trinajstić information content (AvgIpc) is 3.05. The molecule has 0 bridgehead atoms. The fraction of sp³-hybridized carbons (Fsp3) is 0.632. The monoisotopic (exact) mass is 364 g/mol. The molecule has 25 heavy (non-hydrogen) atoms. The Hall–Kier alpha value is -1.40. The summed E-state index contributed by atoms with van der Waals surface area (Å²) < 4.78 is 10.7. The van der Waals surface area contributed by atoms with Gasteiger partial charge in [0.2, 0.25) is 0 Å². The summed E-state index contributed by atoms with van der Waals surface area (Å²) in [7, 11) is 3.21. The first kappa shape index (κ1) is 18.4. The van der Waals surface area contributed by atoms with Gasteiger partial charge in [-0.15, -0.1) is 0 Å². The van der Waals surface area contributed by atoms with Crippen LogP contribution in [0.5, 0.6) is 11.5 Å². The zero-order valence-corrected chi connectivity index (χ0v) is 16.0. The van der Waals surface area contributed by atoms with Gasteiger partial charge in [0, 0.05) is 24.4 Å². The van der Waals surface area contributed by atoms with Gasteiger partial charge in [-0.1, -0.05) is 0 Å². The summed E-state index contributed by atoms with van der Waals surface area (Å²) in [5, 5.41) is 0. The van der Waals surface area contributed by atoms with E-state index >= 15 is 0 Å². The van der Waals surface area contributed by atoms with Crippen molar-refractivity contribution in [3.63, 3.8) is 0 Å². The van der Waals surface area contributed by atoms with E-state index in [1.54, 1.807) is 20.3 Å². The maximum atomic E-state index is 13.2. The molecule has 0 aromatic heterocycles. The lowest BCUT2D eigenvalue weighted by molar-refractivity contribution is 0.0666. The second-order valence-corrected chi connectivity index (χ2v) is 7.81. The number of hydrogen-bond donors (Lipinski definition) is 0. The minimum Gasteiger partial charge on any atom is -0.493 e. The maximum Gasteiger partial charge on any atom is 0.254 e. The molecule has 2 aliphatic rings. The van der Waals surface area contributed by atoms with Crippen molar-refractivity contribution in [1.82, 2.24) is 9.80 Å². The van der Waals surface area contributed by atoms with Crippen molar-refractivity contribution in [2.75, 3.05) is 51.9 Å². The van der Waals surface area contributed by atoms with Crippen LogP contribution in [-0.4, -0.2) is 73.7 Å². The number of hydrogen-bond acceptors (Lipinski definition) is 5. The molecule has 1 aromatic rings. The molecule has 0 spiro atoms. The molecule has 0 radical (unpaired) electrons. The highest BCUT2D eigenvalue weighted by Crippen LogP contribution is 2.29. The Kier molecular flexibility index (Phi) is 6.48. The van der Waals surface area contributed by atoms with Crippen molar-refractivity contribution >= 4 is 17.7 Å². The molecular formula is C19H28N2O3S. The number of thioether (sulfide) groups is 1. The van der Waals surface area contributed by atoms with Crippen LogP contribution in [0.1, 0.15) is 29.6 Å². The molecule has 2 fully saturated rings. The third kappa shape index (κ3) is 4.42. The van der Waals surface area contributed by atoms with Crippen LogP contribution in [-0.2, 0) is 0 Å². The van der Waals surface area contributed by atoms with Crippen LogP contribution >= 0.6 is 11.8 Å². The third-order valence-electron chi connectivity index (χ3n) is 5.00. The van der Waals surface area contributed by atoms with E-state index < -0.39 is 0 Å². The molecule has 0 N–H and O–H groups in total. The van der Waals surface area contributed by atoms with E-state index in [1.807, 2.05) is 23.9 Å². The van der Waals surface area contributed by atoms with Crippen molar-refractivity contribution in [2.45, 2.75) is 25.3 Å². The Labute approximate surface area is 154 Å². The molecule has 2 saturated heterocycles. The van der Waals surface area contributed by atoms with E-state index in [0.717, 1.165) is 31.0 Å². The van der Waals surface area contributed by atoms with Gasteiger partial charge < -0.3 is 19.3 Å². The number of methoxy groups -OCH3 is 2. The topological polar surface area (TPSA) is 42.0 Å². The number of likely N-dealkylation sites (tertiary alicyclic amines) is 1. The van der Waals surface area contributed by atoms with Gasteiger partial charge in [0.1, 0.15) is 0 Å². The van der Waals surface area contributed by atoms with E-state index in [0.29, 0.717) is 17.1 Å². The van der Waals surface area contributed by atoms with Crippen molar-refractivity contribution in [3.8, 4) is 11.5 Å². The Morgan fingerprint density at radius 1 is 1.12 bits per heavy atom. The van der Waals surface area contributed by atoms with Gasteiger partial charge >= 0.3 is 0 Å². The highest BCUT2D eigenvalue weighted by atomic mass is 32.2. The van der Waals surface area contributed by atoms with Crippen LogP contribution in [0.4, 0.5) is 0 Å². The van der Waals surface area contributed by atoms with Crippen LogP contribution in [0.25, 0.3) is 0 Å². The summed E-state index contributed by atoms with van der Waals surface area (Å²) in [6.07, 6.45) is 3.62. The average molecular weight is 365 g/mol. The predicted octanol–water partition coefficient (Wildman–Crippen LogP) is 2.75. The lowest BCUT2D eigenvalue weighted by Gasteiger charge is -2.33. The van der Waals surface area contributed by atoms with Crippen molar-refractivity contribution in [3.05, 3.63) is 23.8 Å². The fourth-order valence-corrected chi connectivity index (χ4v) is 4.70. The highest BCUT2D eigenvalue weighted by molar-refractivity contribution is 7.99. The first-order valence-electron chi connectivity index (χ1n) is 9.06. The van der Waals surface area contributed by atoms with Crippen LogP contribution < -0.4 is 9.47 Å². The molecule has 1 atom stereocenters. The SMILES string of the molecule is COc1ccc(C(=O)N2CCCSCC2CN2CCCC2)cc1OC. The van der Waals surface area contributed by atoms with Gasteiger partial charge in [0.25, 0.3) is 5.91 Å². The highest BCUT2D eigenvalue weighted by Gasteiger charge is 2.29. The Morgan fingerprint density at radius 3 is 2.60 bits per heavy atom. The Bertz CT molecular complexity index is 590. The molecule has 2 heterocycles. The molecule has 1 unspecified atom stereocenters. The van der Waals surface area contributed by atoms with Crippen molar-refractivity contribution in [2.24, 2.45) is 0 Å². The lowest BCUT2D eigenvalue weighted by atomic mass is 10.1. The summed E-state index contributed by atoms with van der Waals surface area (Å²) in [6, 6.07) is 5.74. The summed E-state index contributed by atoms with van der Waals surface area (Å²) in [5.41, 5.74) is 0.677. The number of benzene rings is 1. The number of nitrogens with zero attached hydrogens (tertiary/aromatic N) is 2. The van der Waals surface area contributed by atoms with E-state index in [-0.39, 0.29) is 11.9 Å². The number of rotatable bonds is 5. The number of ether oxygens (including phenoxy) is 2. The molecule has 0 saturated carbocycles. The lowest BCUT2D eigenvalue weighted by Crippen LogP contribution is -2.47. The van der Waals surface area contributed by atoms with E-state index in [2.05, 4.69) is 9.80 Å². The minimum atomic E-state index is 0.104. The van der Waals surface area contributed by atoms with Gasteiger partial charge in [-0.2, -0.15) is 11.8 Å². The first-order chi connectivity index (χ1) is 12.2. The van der Waals surface area contributed by atoms with Crippen LogP contribution in [0.2, 0.25) is 0 Å². The Morgan fingerprint density at radius 2 is 1.88 bits per heavy atom. The minimum absolute atomic E-state index is 0.104. The molecule has 138 valence electrons. The first-order valence-corrected chi connectivity index (χ1v) is 10.2. The fourth-order valence-electron chi connectivity index (χ4n) is 3.65. The van der Waals surface area contributed by atoms with Gasteiger partial charge in [0.15, 0.2) is 11.5 Å². The number of carbonyl (C=O) groups excluding carboxylic acids is 1. The predicted molar refractivity (Wildman–Crippen MR) is 102 cm³/mol. The van der Waals surface area contributed by atoms with Gasteiger partial charge in [-0.3, -0.25) is 4.79 Å². The van der Waals surface area contributed by atoms with Crippen LogP contribution in [0.15, 0.2) is 18.2 Å². The second kappa shape index (κ2) is 8.81. The largest absolute Gasteiger partial charge is 0.493 e. The molecule has 6 heteroatoms. The summed E-state index contributed by atoms with van der Waals surface area (Å²) in [4.78, 5) is 17.8. The van der Waals surface area contributed by atoms with E-state index in [1.165, 1.54) is 25.9 Å². The van der Waals surface area contributed by atoms with Crippen molar-refractivity contribution in [1.29, 1.82) is 0 Å². The maximum absolute atomic E-state index is 13.2. The molecule has 1 amide bonds. The van der Waals surface area contributed by atoms with Crippen LogP contribution in [0.3, 0.4) is 0 Å². The molecular weight excluding hydrogens is 336 g/mol. The van der Waals surface area contributed by atoms with Gasteiger partial charge in [-0.25, -0.2) is 0 Å². The smallest absolute Gasteiger partial charge is 0.254 e. The van der Waals surface area contributed by atoms with Gasteiger partial charge in [-0.05, 0) is 56.3 Å². The van der Waals surface area contributed by atoms with E-state index in [4.69, 9.17) is 9.47 Å². The standard InChI is InChI=1S/C19H28N2O3S/c1-23-17-7-6-15(12-18(17)24-2)19(22)21-10-5-11-25-14-16(21)13-20-8-3-4-9-20/h6-7,12,16H,3-5,8-11,13-14H2,1-2H3. The third-order valence-corrected chi connectivity index (χ3v) is 6.20. The van der Waals surface area contributed by atoms with Crippen LogP contribution in [0, 0.1) is 0 Å². The number of amides is 1. The second-order valence-electron chi connectivity index (χ2n) is 6.66. The molecule has 5 nitrogen and oxygen atoms in total. The molecule has 2 aliphatic heterocycles. The summed E-state index contributed by atoms with van der Waals surface area (Å²) in [6.45, 7) is 4.16. The quantitative estimate of drug-likeness (QED) is 0.804. The normalized spacial score (nSPS) is 21.8. The van der Waals surface area contributed by atoms with Crippen molar-refractivity contribution < 1.29 is 14.3 Å².